The zero-order chi connectivity index (χ0) is 24.0. The number of ketones is 1. The Hall–Kier alpha value is -3.75. The first-order valence-electron chi connectivity index (χ1n) is 11.4. The van der Waals surface area contributed by atoms with E-state index in [0.717, 1.165) is 12.0 Å². The lowest BCUT2D eigenvalue weighted by Crippen LogP contribution is -2.42. The summed E-state index contributed by atoms with van der Waals surface area (Å²) < 4.78 is 13.2. The number of rotatable bonds is 6. The van der Waals surface area contributed by atoms with Gasteiger partial charge in [-0.05, 0) is 37.5 Å². The lowest BCUT2D eigenvalue weighted by Gasteiger charge is -2.31. The van der Waals surface area contributed by atoms with E-state index in [2.05, 4.69) is 20.3 Å². The van der Waals surface area contributed by atoms with Gasteiger partial charge in [0.1, 0.15) is 23.4 Å². The lowest BCUT2D eigenvalue weighted by molar-refractivity contribution is -0.117. The van der Waals surface area contributed by atoms with Crippen LogP contribution in [0.5, 0.6) is 0 Å². The normalized spacial score (nSPS) is 19.0. The van der Waals surface area contributed by atoms with Gasteiger partial charge in [-0.1, -0.05) is 6.92 Å². The van der Waals surface area contributed by atoms with Crippen molar-refractivity contribution in [3.8, 4) is 11.1 Å². The molecule has 0 spiro atoms. The quantitative estimate of drug-likeness (QED) is 0.561. The van der Waals surface area contributed by atoms with Crippen LogP contribution in [0.1, 0.15) is 52.7 Å². The van der Waals surface area contributed by atoms with Crippen LogP contribution >= 0.6 is 0 Å². The number of Topliss-reactive ketones (excluding diaryl/α,β-unsaturated/α-hetero) is 1. The van der Waals surface area contributed by atoms with Crippen molar-refractivity contribution in [1.82, 2.24) is 19.9 Å². The fourth-order valence-electron chi connectivity index (χ4n) is 4.00. The number of anilines is 1. The van der Waals surface area contributed by atoms with Gasteiger partial charge in [-0.15, -0.1) is 0 Å². The minimum Gasteiger partial charge on any atom is -0.337 e. The predicted molar refractivity (Wildman–Crippen MR) is 124 cm³/mol. The lowest BCUT2D eigenvalue weighted by atomic mass is 9.97. The molecule has 1 aliphatic carbocycles. The summed E-state index contributed by atoms with van der Waals surface area (Å²) in [6.45, 7) is 5.00. The standard InChI is InChI=1S/C25H24FN5O3/c1-3-21(32)20-7-13(2)17(12-27-20)15-8-14-11-28-22(30-24(33)16-9-18(16)26)10-19(14)29-23(15)25(34)31-5-4-6-31/h7-8,10-12,16,18H,3-6,9H2,1-2H3,(H,28,30,33)/t16-,18+/m0/s1. The van der Waals surface area contributed by atoms with Crippen LogP contribution in [0.2, 0.25) is 0 Å². The fraction of sp³-hybridized carbons (Fsp3) is 0.360. The second-order valence-corrected chi connectivity index (χ2v) is 8.80. The number of carbonyl (C=O) groups is 3. The predicted octanol–water partition coefficient (Wildman–Crippen LogP) is 3.74. The molecule has 2 fully saturated rings. The van der Waals surface area contributed by atoms with Crippen LogP contribution in [0, 0.1) is 12.8 Å². The molecule has 1 aliphatic heterocycles. The number of hydrogen-bond donors (Lipinski definition) is 1. The summed E-state index contributed by atoms with van der Waals surface area (Å²) in [5.41, 5.74) is 3.30. The Morgan fingerprint density at radius 3 is 2.50 bits per heavy atom. The highest BCUT2D eigenvalue weighted by Gasteiger charge is 2.43. The van der Waals surface area contributed by atoms with Gasteiger partial charge < -0.3 is 10.2 Å². The molecule has 8 nitrogen and oxygen atoms in total. The highest BCUT2D eigenvalue weighted by atomic mass is 19.1. The zero-order valence-electron chi connectivity index (χ0n) is 19.0. The van der Waals surface area contributed by atoms with Crippen molar-refractivity contribution in [2.75, 3.05) is 18.4 Å². The third-order valence-corrected chi connectivity index (χ3v) is 6.35. The Labute approximate surface area is 195 Å². The van der Waals surface area contributed by atoms with E-state index >= 15 is 0 Å². The number of halogens is 1. The van der Waals surface area contributed by atoms with Crippen LogP contribution in [0.15, 0.2) is 30.6 Å². The summed E-state index contributed by atoms with van der Waals surface area (Å²) in [7, 11) is 0. The Morgan fingerprint density at radius 1 is 1.12 bits per heavy atom. The van der Waals surface area contributed by atoms with Gasteiger partial charge >= 0.3 is 0 Å². The molecule has 2 atom stereocenters. The number of aromatic nitrogens is 3. The Balaban J connectivity index is 1.57. The molecule has 9 heteroatoms. The first-order valence-corrected chi connectivity index (χ1v) is 11.4. The molecule has 3 aromatic heterocycles. The third-order valence-electron chi connectivity index (χ3n) is 6.35. The van der Waals surface area contributed by atoms with E-state index in [1.165, 1.54) is 0 Å². The molecule has 174 valence electrons. The van der Waals surface area contributed by atoms with Crippen LogP contribution in [-0.4, -0.2) is 56.7 Å². The maximum Gasteiger partial charge on any atom is 0.273 e. The van der Waals surface area contributed by atoms with Gasteiger partial charge in [-0.25, -0.2) is 14.4 Å². The molecular formula is C25H24FN5O3. The number of alkyl halides is 1. The first kappa shape index (κ1) is 22.1. The number of fused-ring (bicyclic) bond motifs is 1. The van der Waals surface area contributed by atoms with Crippen LogP contribution in [0.25, 0.3) is 22.0 Å². The minimum atomic E-state index is -1.10. The Kier molecular flexibility index (Phi) is 5.55. The topological polar surface area (TPSA) is 105 Å². The van der Waals surface area contributed by atoms with Crippen molar-refractivity contribution < 1.29 is 18.8 Å². The summed E-state index contributed by atoms with van der Waals surface area (Å²) in [4.78, 5) is 52.4. The largest absolute Gasteiger partial charge is 0.337 e. The molecule has 0 radical (unpaired) electrons. The van der Waals surface area contributed by atoms with Gasteiger partial charge in [0.25, 0.3) is 5.91 Å². The zero-order valence-corrected chi connectivity index (χ0v) is 19.0. The average molecular weight is 461 g/mol. The number of aryl methyl sites for hydroxylation is 1. The van der Waals surface area contributed by atoms with E-state index in [1.54, 1.807) is 36.4 Å². The molecule has 5 rings (SSSR count). The van der Waals surface area contributed by atoms with Crippen LogP contribution in [0.4, 0.5) is 10.2 Å². The Morgan fingerprint density at radius 2 is 1.88 bits per heavy atom. The van der Waals surface area contributed by atoms with Crippen LogP contribution in [0.3, 0.4) is 0 Å². The molecule has 3 aromatic rings. The maximum absolute atomic E-state index is 13.3. The van der Waals surface area contributed by atoms with Crippen molar-refractivity contribution >= 4 is 34.3 Å². The summed E-state index contributed by atoms with van der Waals surface area (Å²) in [6, 6.07) is 5.15. The van der Waals surface area contributed by atoms with Gasteiger partial charge in [0.05, 0.1) is 11.4 Å². The van der Waals surface area contributed by atoms with Crippen molar-refractivity contribution in [3.63, 3.8) is 0 Å². The average Bonchev–Trinajstić information content (AvgIpc) is 3.53. The van der Waals surface area contributed by atoms with E-state index < -0.39 is 18.0 Å². The molecule has 1 saturated carbocycles. The molecule has 4 heterocycles. The van der Waals surface area contributed by atoms with Gasteiger partial charge in [-0.3, -0.25) is 19.4 Å². The Bertz CT molecular complexity index is 1340. The smallest absolute Gasteiger partial charge is 0.273 e. The van der Waals surface area contributed by atoms with E-state index in [-0.39, 0.29) is 29.6 Å². The number of likely N-dealkylation sites (tertiary alicyclic amines) is 1. The molecular weight excluding hydrogens is 437 g/mol. The first-order chi connectivity index (χ1) is 16.4. The monoisotopic (exact) mass is 461 g/mol. The molecule has 2 aliphatic rings. The van der Waals surface area contributed by atoms with E-state index in [1.807, 2.05) is 13.0 Å². The molecule has 1 saturated heterocycles. The van der Waals surface area contributed by atoms with Crippen molar-refractivity contribution in [2.24, 2.45) is 5.92 Å². The van der Waals surface area contributed by atoms with Crippen molar-refractivity contribution in [1.29, 1.82) is 0 Å². The summed E-state index contributed by atoms with van der Waals surface area (Å²) in [5.74, 6) is -1.01. The van der Waals surface area contributed by atoms with Gasteiger partial charge in [-0.2, -0.15) is 0 Å². The fourth-order valence-corrected chi connectivity index (χ4v) is 4.00. The summed E-state index contributed by atoms with van der Waals surface area (Å²) in [6.07, 6.45) is 3.61. The van der Waals surface area contributed by atoms with Crippen molar-refractivity contribution in [2.45, 2.75) is 39.3 Å². The molecule has 0 aromatic carbocycles. The number of amides is 2. The summed E-state index contributed by atoms with van der Waals surface area (Å²) in [5, 5.41) is 3.31. The van der Waals surface area contributed by atoms with Gasteiger partial charge in [0.15, 0.2) is 5.78 Å². The number of carbonyl (C=O) groups excluding carboxylic acids is 3. The maximum atomic E-state index is 13.3. The molecule has 2 amide bonds. The third kappa shape index (κ3) is 4.02. The molecule has 0 unspecified atom stereocenters. The minimum absolute atomic E-state index is 0.0489. The van der Waals surface area contributed by atoms with E-state index in [4.69, 9.17) is 0 Å². The molecule has 34 heavy (non-hydrogen) atoms. The second-order valence-electron chi connectivity index (χ2n) is 8.80. The van der Waals surface area contributed by atoms with E-state index in [0.29, 0.717) is 47.2 Å². The number of nitrogens with one attached hydrogen (secondary N) is 1. The van der Waals surface area contributed by atoms with Crippen LogP contribution in [-0.2, 0) is 4.79 Å². The number of hydrogen-bond acceptors (Lipinski definition) is 6. The molecule has 1 N–H and O–H groups in total. The van der Waals surface area contributed by atoms with E-state index in [9.17, 15) is 18.8 Å². The SMILES string of the molecule is CCC(=O)c1cc(C)c(-c2cc3cnc(NC(=O)[C@H]4C[C@H]4F)cc3nc2C(=O)N2CCC2)cn1. The van der Waals surface area contributed by atoms with Gasteiger partial charge in [0.2, 0.25) is 5.91 Å². The van der Waals surface area contributed by atoms with Crippen LogP contribution < -0.4 is 5.32 Å². The molecule has 0 bridgehead atoms. The number of pyridine rings is 3. The summed E-state index contributed by atoms with van der Waals surface area (Å²) >= 11 is 0. The van der Waals surface area contributed by atoms with Crippen molar-refractivity contribution in [3.05, 3.63) is 47.5 Å². The number of nitrogens with zero attached hydrogens (tertiary/aromatic N) is 4. The van der Waals surface area contributed by atoms with Gasteiger partial charge in [0, 0.05) is 54.5 Å². The highest BCUT2D eigenvalue weighted by molar-refractivity contribution is 6.04. The highest BCUT2D eigenvalue weighted by Crippen LogP contribution is 2.35. The second kappa shape index (κ2) is 8.55.